The van der Waals surface area contributed by atoms with E-state index >= 15 is 0 Å². The minimum Gasteiger partial charge on any atom is -0.395 e. The van der Waals surface area contributed by atoms with Crippen LogP contribution in [0.5, 0.6) is 0 Å². The number of rotatable bonds is 7. The molecule has 1 aromatic rings. The Kier molecular flexibility index (Phi) is 5.30. The summed E-state index contributed by atoms with van der Waals surface area (Å²) in [4.78, 5) is 4.09. The molecule has 0 aliphatic heterocycles. The van der Waals surface area contributed by atoms with Crippen LogP contribution in [0.3, 0.4) is 0 Å². The molecule has 0 aliphatic rings. The van der Waals surface area contributed by atoms with Crippen LogP contribution in [0.15, 0.2) is 11.2 Å². The molecule has 6 nitrogen and oxygen atoms in total. The van der Waals surface area contributed by atoms with Crippen LogP contribution >= 0.6 is 0 Å². The van der Waals surface area contributed by atoms with E-state index in [1.807, 2.05) is 13.8 Å². The highest BCUT2D eigenvalue weighted by molar-refractivity contribution is 7.89. The molecular weight excluding hydrogens is 254 g/mol. The fourth-order valence-electron chi connectivity index (χ4n) is 1.77. The van der Waals surface area contributed by atoms with Gasteiger partial charge in [0.25, 0.3) is 10.0 Å². The highest BCUT2D eigenvalue weighted by Gasteiger charge is 2.26. The molecule has 18 heavy (non-hydrogen) atoms. The second kappa shape index (κ2) is 6.31. The topological polar surface area (TPSA) is 75.4 Å². The lowest BCUT2D eigenvalue weighted by Gasteiger charge is -2.18. The van der Waals surface area contributed by atoms with Crippen molar-refractivity contribution in [3.63, 3.8) is 0 Å². The summed E-state index contributed by atoms with van der Waals surface area (Å²) in [6.07, 6.45) is 2.25. The number of hydrogen-bond acceptors (Lipinski definition) is 4. The Morgan fingerprint density at radius 3 is 2.50 bits per heavy atom. The third kappa shape index (κ3) is 3.09. The van der Waals surface area contributed by atoms with Crippen molar-refractivity contribution < 1.29 is 13.5 Å². The Hall–Kier alpha value is -0.920. The van der Waals surface area contributed by atoms with E-state index in [1.165, 1.54) is 4.31 Å². The molecule has 0 fully saturated rings. The van der Waals surface area contributed by atoms with Crippen LogP contribution in [-0.2, 0) is 16.6 Å². The van der Waals surface area contributed by atoms with Crippen molar-refractivity contribution in [3.05, 3.63) is 12.0 Å². The molecule has 1 aromatic heterocycles. The molecule has 1 N–H and O–H groups in total. The van der Waals surface area contributed by atoms with Crippen LogP contribution in [0.4, 0.5) is 0 Å². The predicted molar refractivity (Wildman–Crippen MR) is 68.8 cm³/mol. The molecule has 0 bridgehead atoms. The smallest absolute Gasteiger partial charge is 0.262 e. The van der Waals surface area contributed by atoms with Gasteiger partial charge in [0, 0.05) is 25.8 Å². The van der Waals surface area contributed by atoms with Crippen LogP contribution in [0.25, 0.3) is 0 Å². The van der Waals surface area contributed by atoms with Crippen molar-refractivity contribution in [2.75, 3.05) is 19.7 Å². The fraction of sp³-hybridized carbons (Fsp3) is 0.727. The fourth-order valence-corrected chi connectivity index (χ4v) is 3.29. The van der Waals surface area contributed by atoms with Gasteiger partial charge in [-0.15, -0.1) is 0 Å². The zero-order valence-electron chi connectivity index (χ0n) is 11.1. The first-order valence-corrected chi connectivity index (χ1v) is 7.56. The molecule has 0 aliphatic carbocycles. The van der Waals surface area contributed by atoms with Crippen LogP contribution in [0.2, 0.25) is 0 Å². The van der Waals surface area contributed by atoms with Crippen LogP contribution in [0, 0.1) is 6.92 Å². The first-order chi connectivity index (χ1) is 8.47. The molecule has 0 aromatic carbocycles. The summed E-state index contributed by atoms with van der Waals surface area (Å²) in [5.41, 5.74) is 0. The minimum absolute atomic E-state index is 0.0590. The first kappa shape index (κ1) is 15.1. The second-order valence-corrected chi connectivity index (χ2v) is 5.92. The molecule has 7 heteroatoms. The number of hydrogen-bond donors (Lipinski definition) is 1. The van der Waals surface area contributed by atoms with Gasteiger partial charge in [-0.05, 0) is 20.3 Å². The molecular formula is C11H21N3O3S. The number of aromatic nitrogens is 2. The molecule has 0 radical (unpaired) electrons. The molecule has 0 amide bonds. The SMILES string of the molecule is CCCN(CCO)S(=O)(=O)c1cn(CC)c(C)n1. The molecule has 0 atom stereocenters. The molecule has 1 rings (SSSR count). The molecule has 0 saturated carbocycles. The maximum Gasteiger partial charge on any atom is 0.262 e. The van der Waals surface area contributed by atoms with E-state index in [0.29, 0.717) is 25.3 Å². The average molecular weight is 275 g/mol. The van der Waals surface area contributed by atoms with Crippen molar-refractivity contribution in [1.82, 2.24) is 13.9 Å². The van der Waals surface area contributed by atoms with E-state index in [9.17, 15) is 8.42 Å². The largest absolute Gasteiger partial charge is 0.395 e. The van der Waals surface area contributed by atoms with E-state index in [-0.39, 0.29) is 18.2 Å². The number of aliphatic hydroxyl groups excluding tert-OH is 1. The summed E-state index contributed by atoms with van der Waals surface area (Å²) in [5.74, 6) is 0.677. The number of aliphatic hydroxyl groups is 1. The first-order valence-electron chi connectivity index (χ1n) is 6.12. The molecule has 104 valence electrons. The predicted octanol–water partition coefficient (Wildman–Crippen LogP) is 0.604. The Bertz CT molecular complexity index is 476. The van der Waals surface area contributed by atoms with E-state index in [4.69, 9.17) is 5.11 Å². The van der Waals surface area contributed by atoms with Crippen LogP contribution < -0.4 is 0 Å². The van der Waals surface area contributed by atoms with Crippen molar-refractivity contribution in [3.8, 4) is 0 Å². The normalized spacial score (nSPS) is 12.3. The van der Waals surface area contributed by atoms with Gasteiger partial charge in [0.2, 0.25) is 0 Å². The highest BCUT2D eigenvalue weighted by atomic mass is 32.2. The maximum absolute atomic E-state index is 12.3. The Balaban J connectivity index is 3.09. The van der Waals surface area contributed by atoms with E-state index in [0.717, 1.165) is 0 Å². The van der Waals surface area contributed by atoms with E-state index < -0.39 is 10.0 Å². The lowest BCUT2D eigenvalue weighted by atomic mass is 10.5. The van der Waals surface area contributed by atoms with E-state index in [1.54, 1.807) is 17.7 Å². The van der Waals surface area contributed by atoms with Gasteiger partial charge in [0.1, 0.15) is 5.82 Å². The lowest BCUT2D eigenvalue weighted by molar-refractivity contribution is 0.253. The number of imidazole rings is 1. The summed E-state index contributed by atoms with van der Waals surface area (Å²) in [6.45, 7) is 6.60. The van der Waals surface area contributed by atoms with Crippen LogP contribution in [-0.4, -0.2) is 47.1 Å². The van der Waals surface area contributed by atoms with Crippen molar-refractivity contribution in [2.45, 2.75) is 38.8 Å². The second-order valence-electron chi connectivity index (χ2n) is 4.04. The highest BCUT2D eigenvalue weighted by Crippen LogP contribution is 2.15. The van der Waals surface area contributed by atoms with Crippen LogP contribution in [0.1, 0.15) is 26.1 Å². The Morgan fingerprint density at radius 2 is 2.06 bits per heavy atom. The van der Waals surface area contributed by atoms with Gasteiger partial charge in [-0.3, -0.25) is 0 Å². The van der Waals surface area contributed by atoms with Gasteiger partial charge in [0.05, 0.1) is 6.61 Å². The van der Waals surface area contributed by atoms with Crippen molar-refractivity contribution in [2.24, 2.45) is 0 Å². The molecule has 0 saturated heterocycles. The van der Waals surface area contributed by atoms with Gasteiger partial charge in [-0.1, -0.05) is 6.92 Å². The third-order valence-electron chi connectivity index (χ3n) is 2.72. The summed E-state index contributed by atoms with van der Waals surface area (Å²) < 4.78 is 27.7. The van der Waals surface area contributed by atoms with Gasteiger partial charge >= 0.3 is 0 Å². The van der Waals surface area contributed by atoms with Gasteiger partial charge < -0.3 is 9.67 Å². The standard InChI is InChI=1S/C11H21N3O3S/c1-4-6-14(7-8-15)18(16,17)11-9-13(5-2)10(3)12-11/h9,15H,4-8H2,1-3H3. The summed E-state index contributed by atoms with van der Waals surface area (Å²) in [7, 11) is -3.60. The maximum atomic E-state index is 12.3. The Labute approximate surface area is 108 Å². The van der Waals surface area contributed by atoms with Crippen molar-refractivity contribution >= 4 is 10.0 Å². The monoisotopic (exact) mass is 275 g/mol. The van der Waals surface area contributed by atoms with E-state index in [2.05, 4.69) is 4.98 Å². The van der Waals surface area contributed by atoms with Gasteiger partial charge in [-0.2, -0.15) is 4.31 Å². The summed E-state index contributed by atoms with van der Waals surface area (Å²) in [5, 5.41) is 9.01. The average Bonchev–Trinajstić information content (AvgIpc) is 2.71. The lowest BCUT2D eigenvalue weighted by Crippen LogP contribution is -2.34. The zero-order chi connectivity index (χ0) is 13.8. The quantitative estimate of drug-likeness (QED) is 0.791. The van der Waals surface area contributed by atoms with Gasteiger partial charge in [0.15, 0.2) is 5.03 Å². The third-order valence-corrected chi connectivity index (χ3v) is 4.49. The summed E-state index contributed by atoms with van der Waals surface area (Å²) in [6, 6.07) is 0. The zero-order valence-corrected chi connectivity index (χ0v) is 11.9. The van der Waals surface area contributed by atoms with Gasteiger partial charge in [-0.25, -0.2) is 13.4 Å². The molecule has 1 heterocycles. The number of sulfonamides is 1. The number of aryl methyl sites for hydroxylation is 2. The van der Waals surface area contributed by atoms with Crippen molar-refractivity contribution in [1.29, 1.82) is 0 Å². The Morgan fingerprint density at radius 1 is 1.39 bits per heavy atom. The molecule has 0 spiro atoms. The minimum atomic E-state index is -3.60. The molecule has 0 unspecified atom stereocenters. The number of nitrogens with zero attached hydrogens (tertiary/aromatic N) is 3. The summed E-state index contributed by atoms with van der Waals surface area (Å²) >= 11 is 0.